The van der Waals surface area contributed by atoms with Gasteiger partial charge in [-0.3, -0.25) is 0 Å². The van der Waals surface area contributed by atoms with Gasteiger partial charge in [0.1, 0.15) is 5.82 Å². The van der Waals surface area contributed by atoms with Crippen LogP contribution in [0.4, 0.5) is 0 Å². The topological polar surface area (TPSA) is 27.3 Å². The molecular formula is C33H53N3. The third kappa shape index (κ3) is 8.61. The number of dihydropyridines is 1. The van der Waals surface area contributed by atoms with E-state index >= 15 is 0 Å². The van der Waals surface area contributed by atoms with E-state index in [-0.39, 0.29) is 16.2 Å². The summed E-state index contributed by atoms with van der Waals surface area (Å²) < 4.78 is 0. The van der Waals surface area contributed by atoms with Crippen LogP contribution >= 0.6 is 0 Å². The Morgan fingerprint density at radius 1 is 0.917 bits per heavy atom. The highest BCUT2D eigenvalue weighted by Crippen LogP contribution is 2.31. The van der Waals surface area contributed by atoms with Crippen molar-refractivity contribution in [2.75, 3.05) is 19.6 Å². The van der Waals surface area contributed by atoms with Crippen molar-refractivity contribution < 1.29 is 0 Å². The van der Waals surface area contributed by atoms with Crippen LogP contribution < -0.4 is 10.6 Å². The summed E-state index contributed by atoms with van der Waals surface area (Å²) in [5.41, 5.74) is 7.92. The maximum Gasteiger partial charge on any atom is 0.104 e. The molecule has 1 aromatic carbocycles. The summed E-state index contributed by atoms with van der Waals surface area (Å²) in [4.78, 5) is 2.46. The molecule has 0 bridgehead atoms. The average molecular weight is 492 g/mol. The van der Waals surface area contributed by atoms with E-state index in [0.717, 1.165) is 56.1 Å². The lowest BCUT2D eigenvalue weighted by Gasteiger charge is -2.30. The predicted octanol–water partition coefficient (Wildman–Crippen LogP) is 7.96. The zero-order valence-electron chi connectivity index (χ0n) is 25.0. The van der Waals surface area contributed by atoms with Crippen LogP contribution in [0.3, 0.4) is 0 Å². The number of hydrogen-bond acceptors (Lipinski definition) is 3. The highest BCUT2D eigenvalue weighted by molar-refractivity contribution is 5.42. The Morgan fingerprint density at radius 3 is 2.00 bits per heavy atom. The van der Waals surface area contributed by atoms with Crippen molar-refractivity contribution in [3.05, 3.63) is 83.0 Å². The summed E-state index contributed by atoms with van der Waals surface area (Å²) in [6, 6.07) is 7.25. The number of nitrogens with one attached hydrogen (secondary N) is 2. The van der Waals surface area contributed by atoms with Gasteiger partial charge in [0.2, 0.25) is 0 Å². The van der Waals surface area contributed by atoms with E-state index in [4.69, 9.17) is 0 Å². The molecule has 1 aliphatic heterocycles. The van der Waals surface area contributed by atoms with Crippen LogP contribution in [0.25, 0.3) is 0 Å². The van der Waals surface area contributed by atoms with E-state index in [1.807, 2.05) is 0 Å². The van der Waals surface area contributed by atoms with Gasteiger partial charge in [-0.1, -0.05) is 107 Å². The van der Waals surface area contributed by atoms with Crippen LogP contribution in [0.2, 0.25) is 0 Å². The van der Waals surface area contributed by atoms with Crippen molar-refractivity contribution >= 4 is 0 Å². The van der Waals surface area contributed by atoms with Crippen LogP contribution in [0.1, 0.15) is 98.8 Å². The minimum absolute atomic E-state index is 0.00620. The molecule has 0 atom stereocenters. The van der Waals surface area contributed by atoms with Crippen LogP contribution in [-0.4, -0.2) is 24.5 Å². The molecule has 0 aliphatic carbocycles. The highest BCUT2D eigenvalue weighted by Gasteiger charge is 2.21. The third-order valence-electron chi connectivity index (χ3n) is 6.93. The molecule has 0 radical (unpaired) electrons. The largest absolute Gasteiger partial charge is 0.372 e. The Morgan fingerprint density at radius 2 is 1.50 bits per heavy atom. The minimum atomic E-state index is 0.00620. The van der Waals surface area contributed by atoms with Crippen molar-refractivity contribution in [2.24, 2.45) is 5.41 Å². The lowest BCUT2D eigenvalue weighted by Crippen LogP contribution is -2.33. The number of nitrogens with zero attached hydrogens (tertiary/aromatic N) is 1. The highest BCUT2D eigenvalue weighted by atomic mass is 15.1. The Kier molecular flexibility index (Phi) is 9.73. The lowest BCUT2D eigenvalue weighted by atomic mass is 9.79. The summed E-state index contributed by atoms with van der Waals surface area (Å²) in [6.45, 7) is 34.2. The number of aryl methyl sites for hydroxylation is 1. The smallest absolute Gasteiger partial charge is 0.104 e. The number of allylic oxidation sites excluding steroid dienone is 2. The van der Waals surface area contributed by atoms with Gasteiger partial charge in [0.05, 0.1) is 0 Å². The lowest BCUT2D eigenvalue weighted by molar-refractivity contribution is 0.347. The quantitative estimate of drug-likeness (QED) is 0.347. The first-order chi connectivity index (χ1) is 16.5. The van der Waals surface area contributed by atoms with Crippen molar-refractivity contribution in [1.82, 2.24) is 15.5 Å². The number of hydrogen-bond donors (Lipinski definition) is 2. The molecule has 0 fully saturated rings. The van der Waals surface area contributed by atoms with Gasteiger partial charge >= 0.3 is 0 Å². The summed E-state index contributed by atoms with van der Waals surface area (Å²) in [7, 11) is 0. The van der Waals surface area contributed by atoms with E-state index in [1.165, 1.54) is 22.3 Å². The Balaban J connectivity index is 2.13. The molecule has 0 amide bonds. The second kappa shape index (κ2) is 11.8. The fourth-order valence-corrected chi connectivity index (χ4v) is 4.18. The van der Waals surface area contributed by atoms with Gasteiger partial charge in [-0.15, -0.1) is 0 Å². The molecule has 1 aromatic rings. The van der Waals surface area contributed by atoms with E-state index < -0.39 is 0 Å². The molecule has 3 heteroatoms. The monoisotopic (exact) mass is 491 g/mol. The molecule has 0 saturated carbocycles. The third-order valence-corrected chi connectivity index (χ3v) is 6.93. The van der Waals surface area contributed by atoms with Gasteiger partial charge in [-0.25, -0.2) is 0 Å². The Bertz CT molecular complexity index is 955. The molecule has 0 saturated heterocycles. The second-order valence-electron chi connectivity index (χ2n) is 13.4. The molecule has 1 aliphatic rings. The maximum absolute atomic E-state index is 4.51. The average Bonchev–Trinajstić information content (AvgIpc) is 2.76. The fraction of sp³-hybridized carbons (Fsp3) is 0.576. The molecule has 0 unspecified atom stereocenters. The van der Waals surface area contributed by atoms with Gasteiger partial charge in [0, 0.05) is 36.4 Å². The Hall–Kier alpha value is -2.42. The predicted molar refractivity (Wildman–Crippen MR) is 159 cm³/mol. The number of benzene rings is 1. The summed E-state index contributed by atoms with van der Waals surface area (Å²) in [6.07, 6.45) is 7.70. The molecular weight excluding hydrogens is 438 g/mol. The second-order valence-corrected chi connectivity index (χ2v) is 13.4. The van der Waals surface area contributed by atoms with Crippen molar-refractivity contribution in [2.45, 2.75) is 99.3 Å². The van der Waals surface area contributed by atoms with Gasteiger partial charge in [0.15, 0.2) is 0 Å². The summed E-state index contributed by atoms with van der Waals surface area (Å²) >= 11 is 0. The molecule has 36 heavy (non-hydrogen) atoms. The maximum atomic E-state index is 4.51. The summed E-state index contributed by atoms with van der Waals surface area (Å²) in [5.74, 6) is 0.999. The molecule has 1 heterocycles. The Labute approximate surface area is 222 Å². The minimum Gasteiger partial charge on any atom is -0.372 e. The zero-order chi connectivity index (χ0) is 27.3. The molecule has 2 N–H and O–H groups in total. The molecule has 200 valence electrons. The van der Waals surface area contributed by atoms with E-state index in [1.54, 1.807) is 0 Å². The van der Waals surface area contributed by atoms with E-state index in [9.17, 15) is 0 Å². The van der Waals surface area contributed by atoms with E-state index in [2.05, 4.69) is 128 Å². The summed E-state index contributed by atoms with van der Waals surface area (Å²) in [5, 5.41) is 6.90. The van der Waals surface area contributed by atoms with Crippen molar-refractivity contribution in [3.8, 4) is 0 Å². The van der Waals surface area contributed by atoms with Crippen LogP contribution in [0.5, 0.6) is 0 Å². The number of rotatable bonds is 10. The van der Waals surface area contributed by atoms with Gasteiger partial charge < -0.3 is 15.5 Å². The molecule has 0 aromatic heterocycles. The molecule has 3 nitrogen and oxygen atoms in total. The first-order valence-electron chi connectivity index (χ1n) is 13.7. The first-order valence-corrected chi connectivity index (χ1v) is 13.7. The van der Waals surface area contributed by atoms with Crippen LogP contribution in [0, 0.1) is 5.41 Å². The normalized spacial score (nSPS) is 14.5. The standard InChI is InChI=1S/C33H53N3/c1-13-18-36(24(2)27-16-17-34-30(22-27)35-25(3)31(4,5)6)19-14-15-26-20-28(32(7,8)9)23-29(21-26)33(10,11)12/h16,20-23,34-35H,2-3,13-15,17-19H2,1,4-12H3. The van der Waals surface area contributed by atoms with Crippen LogP contribution in [-0.2, 0) is 17.3 Å². The van der Waals surface area contributed by atoms with Gasteiger partial charge in [-0.2, -0.15) is 0 Å². The van der Waals surface area contributed by atoms with Crippen molar-refractivity contribution in [1.29, 1.82) is 0 Å². The molecule has 2 rings (SSSR count). The van der Waals surface area contributed by atoms with Gasteiger partial charge in [0.25, 0.3) is 0 Å². The van der Waals surface area contributed by atoms with Crippen LogP contribution in [0.15, 0.2) is 66.3 Å². The zero-order valence-corrected chi connectivity index (χ0v) is 25.0. The fourth-order valence-electron chi connectivity index (χ4n) is 4.18. The van der Waals surface area contributed by atoms with Crippen molar-refractivity contribution in [3.63, 3.8) is 0 Å². The van der Waals surface area contributed by atoms with Gasteiger partial charge in [-0.05, 0) is 58.4 Å². The molecule has 0 spiro atoms. The SMILES string of the molecule is C=C(C1=CCNC(NC(=C)C(C)(C)C)=C1)N(CCC)CCCc1cc(C(C)(C)C)cc(C(C)(C)C)c1. The van der Waals surface area contributed by atoms with E-state index in [0.29, 0.717) is 0 Å². The first kappa shape index (κ1) is 29.8.